The highest BCUT2D eigenvalue weighted by molar-refractivity contribution is 7.92. The Morgan fingerprint density at radius 2 is 1.84 bits per heavy atom. The van der Waals surface area contributed by atoms with E-state index in [1.807, 2.05) is 0 Å². The highest BCUT2D eigenvalue weighted by atomic mass is 32.2. The quantitative estimate of drug-likeness (QED) is 0.146. The van der Waals surface area contributed by atoms with Gasteiger partial charge in [0.25, 0.3) is 15.9 Å². The van der Waals surface area contributed by atoms with Crippen LogP contribution in [0, 0.1) is 12.7 Å². The Kier molecular flexibility index (Phi) is 11.3. The van der Waals surface area contributed by atoms with Gasteiger partial charge in [0.15, 0.2) is 0 Å². The summed E-state index contributed by atoms with van der Waals surface area (Å²) in [6.45, 7) is 2.02. The van der Waals surface area contributed by atoms with Gasteiger partial charge in [-0.15, -0.1) is 0 Å². The molecule has 0 bridgehead atoms. The van der Waals surface area contributed by atoms with E-state index >= 15 is 4.39 Å². The third-order valence-corrected chi connectivity index (χ3v) is 10.0. The normalized spacial score (nSPS) is 17.4. The third-order valence-electron chi connectivity index (χ3n) is 8.25. The van der Waals surface area contributed by atoms with Crippen LogP contribution in [0.25, 0.3) is 0 Å². The lowest BCUT2D eigenvalue weighted by Crippen LogP contribution is -2.39. The van der Waals surface area contributed by atoms with Gasteiger partial charge in [0.1, 0.15) is 52.9 Å². The number of nitrogens with zero attached hydrogens (tertiary/aromatic N) is 5. The third kappa shape index (κ3) is 8.25. The number of anilines is 1. The summed E-state index contributed by atoms with van der Waals surface area (Å²) in [5.41, 5.74) is 1.31. The highest BCUT2D eigenvalue weighted by Crippen LogP contribution is 2.44. The van der Waals surface area contributed by atoms with Gasteiger partial charge in [0, 0.05) is 67.7 Å². The predicted octanol–water partition coefficient (Wildman–Crippen LogP) is 5.50. The zero-order valence-electron chi connectivity index (χ0n) is 27.5. The Balaban J connectivity index is 1.46. The molecule has 12 nitrogen and oxygen atoms in total. The van der Waals surface area contributed by atoms with Crippen molar-refractivity contribution in [3.8, 4) is 17.2 Å². The van der Waals surface area contributed by atoms with Gasteiger partial charge in [-0.25, -0.2) is 40.5 Å². The SMILES string of the molecule is COCCOCn1nccc1[C@H]1CCC(F)(F)C[C@@H]1Oc1cc(F)c(S(=O)(=O)N(Cc2ccc(OC)cc2OC)c2ccncn2)cc1C. The minimum atomic E-state index is -4.61. The second kappa shape index (κ2) is 15.4. The van der Waals surface area contributed by atoms with Crippen molar-refractivity contribution in [1.29, 1.82) is 0 Å². The number of benzene rings is 2. The number of halogens is 3. The highest BCUT2D eigenvalue weighted by Gasteiger charge is 2.44. The zero-order valence-corrected chi connectivity index (χ0v) is 28.3. The number of methoxy groups -OCH3 is 3. The molecule has 2 atom stereocenters. The number of rotatable bonds is 15. The molecule has 49 heavy (non-hydrogen) atoms. The van der Waals surface area contributed by atoms with Crippen molar-refractivity contribution in [2.24, 2.45) is 0 Å². The first kappa shape index (κ1) is 35.9. The molecule has 0 radical (unpaired) electrons. The maximum absolute atomic E-state index is 16.0. The van der Waals surface area contributed by atoms with E-state index in [9.17, 15) is 17.2 Å². The maximum atomic E-state index is 16.0. The fourth-order valence-electron chi connectivity index (χ4n) is 5.71. The molecule has 0 aliphatic heterocycles. The summed E-state index contributed by atoms with van der Waals surface area (Å²) in [5, 5.41) is 4.28. The molecule has 0 N–H and O–H groups in total. The Labute approximate surface area is 282 Å². The summed E-state index contributed by atoms with van der Waals surface area (Å²) in [7, 11) is -0.141. The van der Waals surface area contributed by atoms with Gasteiger partial charge in [-0.05, 0) is 43.2 Å². The number of sulfonamides is 1. The van der Waals surface area contributed by atoms with Crippen molar-refractivity contribution in [3.05, 3.63) is 83.8 Å². The average Bonchev–Trinajstić information content (AvgIpc) is 3.55. The number of hydrogen-bond donors (Lipinski definition) is 0. The van der Waals surface area contributed by atoms with Crippen LogP contribution >= 0.6 is 0 Å². The number of aromatic nitrogens is 4. The minimum absolute atomic E-state index is 0.0136. The molecule has 1 aliphatic carbocycles. The first-order chi connectivity index (χ1) is 23.5. The van der Waals surface area contributed by atoms with Gasteiger partial charge in [-0.1, -0.05) is 0 Å². The van der Waals surface area contributed by atoms with Crippen LogP contribution in [0.15, 0.2) is 66.1 Å². The lowest BCUT2D eigenvalue weighted by atomic mass is 9.82. The van der Waals surface area contributed by atoms with Gasteiger partial charge < -0.3 is 23.7 Å². The Morgan fingerprint density at radius 3 is 2.55 bits per heavy atom. The van der Waals surface area contributed by atoms with Crippen molar-refractivity contribution in [1.82, 2.24) is 19.7 Å². The summed E-state index contributed by atoms with van der Waals surface area (Å²) >= 11 is 0. The Bertz CT molecular complexity index is 1830. The Morgan fingerprint density at radius 1 is 1.02 bits per heavy atom. The summed E-state index contributed by atoms with van der Waals surface area (Å²) in [6, 6.07) is 10.0. The van der Waals surface area contributed by atoms with E-state index in [0.717, 1.165) is 16.4 Å². The molecule has 264 valence electrons. The van der Waals surface area contributed by atoms with E-state index in [-0.39, 0.29) is 43.2 Å². The molecule has 0 unspecified atom stereocenters. The largest absolute Gasteiger partial charge is 0.497 e. The molecule has 1 fully saturated rings. The van der Waals surface area contributed by atoms with Crippen molar-refractivity contribution < 1.29 is 45.3 Å². The number of hydrogen-bond acceptors (Lipinski definition) is 10. The van der Waals surface area contributed by atoms with Gasteiger partial charge >= 0.3 is 0 Å². The van der Waals surface area contributed by atoms with E-state index in [1.54, 1.807) is 42.3 Å². The first-order valence-electron chi connectivity index (χ1n) is 15.4. The van der Waals surface area contributed by atoms with Crippen LogP contribution in [0.1, 0.15) is 42.0 Å². The molecule has 0 amide bonds. The molecule has 0 spiro atoms. The van der Waals surface area contributed by atoms with Crippen LogP contribution in [-0.4, -0.2) is 74.7 Å². The summed E-state index contributed by atoms with van der Waals surface area (Å²) < 4.78 is 104. The van der Waals surface area contributed by atoms with Crippen LogP contribution < -0.4 is 18.5 Å². The topological polar surface area (TPSA) is 127 Å². The van der Waals surface area contributed by atoms with E-state index in [0.29, 0.717) is 36.0 Å². The smallest absolute Gasteiger partial charge is 0.268 e. The molecule has 2 heterocycles. The fraction of sp³-hybridized carbons (Fsp3) is 0.424. The number of aryl methyl sites for hydroxylation is 1. The minimum Gasteiger partial charge on any atom is -0.497 e. The summed E-state index contributed by atoms with van der Waals surface area (Å²) in [4.78, 5) is 7.33. The van der Waals surface area contributed by atoms with Gasteiger partial charge in [-0.2, -0.15) is 5.10 Å². The predicted molar refractivity (Wildman–Crippen MR) is 172 cm³/mol. The molecule has 1 saturated carbocycles. The molecule has 4 aromatic rings. The first-order valence-corrected chi connectivity index (χ1v) is 16.8. The number of alkyl halides is 2. The van der Waals surface area contributed by atoms with Gasteiger partial charge in [0.05, 0.1) is 34.0 Å². The van der Waals surface area contributed by atoms with E-state index in [4.69, 9.17) is 23.7 Å². The standard InChI is InChI=1S/C33H38F3N5O7S/c1-22-15-31(49(42,43)41(32-9-11-37-20-38-32)19-23-5-6-24(45-3)16-29(23)46-4)26(34)17-28(22)48-30-18-33(35,36)10-7-25(30)27-8-12-39-40(27)21-47-14-13-44-2/h5-6,8-9,11-12,15-17,20,25,30H,7,10,13-14,18-19,21H2,1-4H3/t25-,30+/m1/s1. The van der Waals surface area contributed by atoms with Crippen LogP contribution in [0.4, 0.5) is 19.0 Å². The molecule has 1 aliphatic rings. The molecule has 0 saturated heterocycles. The maximum Gasteiger partial charge on any atom is 0.268 e. The lowest BCUT2D eigenvalue weighted by molar-refractivity contribution is -0.0789. The second-order valence-corrected chi connectivity index (χ2v) is 13.3. The molecule has 2 aromatic heterocycles. The zero-order chi connectivity index (χ0) is 35.2. The molecule has 2 aromatic carbocycles. The van der Waals surface area contributed by atoms with Gasteiger partial charge in [0.2, 0.25) is 0 Å². The van der Waals surface area contributed by atoms with Crippen molar-refractivity contribution in [3.63, 3.8) is 0 Å². The fourth-order valence-corrected chi connectivity index (χ4v) is 7.24. The van der Waals surface area contributed by atoms with E-state index in [2.05, 4.69) is 15.1 Å². The van der Waals surface area contributed by atoms with Crippen LogP contribution in [0.2, 0.25) is 0 Å². The van der Waals surface area contributed by atoms with E-state index < -0.39 is 45.1 Å². The molecule has 16 heteroatoms. The number of ether oxygens (including phenoxy) is 5. The summed E-state index contributed by atoms with van der Waals surface area (Å²) in [6.07, 6.45) is 2.11. The molecule has 5 rings (SSSR count). The summed E-state index contributed by atoms with van der Waals surface area (Å²) in [5.74, 6) is -3.90. The van der Waals surface area contributed by atoms with Crippen molar-refractivity contribution in [2.45, 2.75) is 62.3 Å². The van der Waals surface area contributed by atoms with Crippen LogP contribution in [-0.2, 0) is 32.8 Å². The van der Waals surface area contributed by atoms with Gasteiger partial charge in [-0.3, -0.25) is 0 Å². The van der Waals surface area contributed by atoms with Crippen LogP contribution in [0.3, 0.4) is 0 Å². The second-order valence-electron chi connectivity index (χ2n) is 11.5. The monoisotopic (exact) mass is 705 g/mol. The lowest BCUT2D eigenvalue weighted by Gasteiger charge is -2.36. The molecular formula is C33H38F3N5O7S. The van der Waals surface area contributed by atoms with Crippen molar-refractivity contribution >= 4 is 15.8 Å². The van der Waals surface area contributed by atoms with Crippen LogP contribution in [0.5, 0.6) is 17.2 Å². The average molecular weight is 706 g/mol. The van der Waals surface area contributed by atoms with E-state index in [1.165, 1.54) is 39.7 Å². The Hall–Kier alpha value is -4.41. The van der Waals surface area contributed by atoms with Crippen molar-refractivity contribution in [2.75, 3.05) is 38.8 Å². The molecular weight excluding hydrogens is 667 g/mol.